The van der Waals surface area contributed by atoms with Gasteiger partial charge in [-0.3, -0.25) is 9.69 Å². The molecule has 2 heterocycles. The average Bonchev–Trinajstić information content (AvgIpc) is 2.63. The third-order valence-electron chi connectivity index (χ3n) is 2.72. The standard InChI is InChI=1S/C12H16ClNO2S/c1-12(2)8-14(5-6-16-12)7-9(15)10-3-4-11(13)17-10/h3-4H,5-8H2,1-2H3. The first-order valence-corrected chi connectivity index (χ1v) is 6.81. The Balaban J connectivity index is 1.95. The Morgan fingerprint density at radius 1 is 1.59 bits per heavy atom. The highest BCUT2D eigenvalue weighted by Gasteiger charge is 2.28. The van der Waals surface area contributed by atoms with Gasteiger partial charge >= 0.3 is 0 Å². The van der Waals surface area contributed by atoms with Crippen molar-refractivity contribution in [3.8, 4) is 0 Å². The predicted octanol–water partition coefficient (Wildman–Crippen LogP) is 2.70. The van der Waals surface area contributed by atoms with E-state index in [1.807, 2.05) is 13.8 Å². The topological polar surface area (TPSA) is 29.5 Å². The summed E-state index contributed by atoms with van der Waals surface area (Å²) >= 11 is 7.17. The van der Waals surface area contributed by atoms with Gasteiger partial charge in [-0.25, -0.2) is 0 Å². The summed E-state index contributed by atoms with van der Waals surface area (Å²) in [6, 6.07) is 3.56. The molecule has 0 spiro atoms. The van der Waals surface area contributed by atoms with Crippen LogP contribution in [0.5, 0.6) is 0 Å². The number of ketones is 1. The van der Waals surface area contributed by atoms with Crippen molar-refractivity contribution in [1.82, 2.24) is 4.90 Å². The number of hydrogen-bond donors (Lipinski definition) is 0. The summed E-state index contributed by atoms with van der Waals surface area (Å²) < 4.78 is 6.28. The van der Waals surface area contributed by atoms with Crippen LogP contribution < -0.4 is 0 Å². The lowest BCUT2D eigenvalue weighted by atomic mass is 10.1. The number of ether oxygens (including phenoxy) is 1. The van der Waals surface area contributed by atoms with Gasteiger partial charge in [0.05, 0.1) is 28.0 Å². The lowest BCUT2D eigenvalue weighted by Gasteiger charge is -2.37. The maximum absolute atomic E-state index is 12.0. The summed E-state index contributed by atoms with van der Waals surface area (Å²) in [4.78, 5) is 14.9. The number of carbonyl (C=O) groups excluding carboxylic acids is 1. The second kappa shape index (κ2) is 5.06. The predicted molar refractivity (Wildman–Crippen MR) is 70.1 cm³/mol. The summed E-state index contributed by atoms with van der Waals surface area (Å²) in [5.74, 6) is 0.139. The van der Waals surface area contributed by atoms with E-state index in [-0.39, 0.29) is 11.4 Å². The highest BCUT2D eigenvalue weighted by molar-refractivity contribution is 7.18. The minimum atomic E-state index is -0.161. The third kappa shape index (κ3) is 3.52. The maximum atomic E-state index is 12.0. The van der Waals surface area contributed by atoms with E-state index in [0.29, 0.717) is 17.5 Å². The first-order valence-electron chi connectivity index (χ1n) is 5.61. The molecule has 2 rings (SSSR count). The summed E-state index contributed by atoms with van der Waals surface area (Å²) in [7, 11) is 0. The van der Waals surface area contributed by atoms with Crippen LogP contribution in [0.1, 0.15) is 23.5 Å². The fourth-order valence-corrected chi connectivity index (χ4v) is 2.97. The SMILES string of the molecule is CC1(C)CN(CC(=O)c2ccc(Cl)s2)CCO1. The minimum absolute atomic E-state index is 0.139. The number of carbonyl (C=O) groups is 1. The Labute approximate surface area is 110 Å². The number of rotatable bonds is 3. The Bertz CT molecular complexity index is 416. The molecular formula is C12H16ClNO2S. The van der Waals surface area contributed by atoms with E-state index >= 15 is 0 Å². The van der Waals surface area contributed by atoms with Crippen LogP contribution in [0, 0.1) is 0 Å². The van der Waals surface area contributed by atoms with Crippen molar-refractivity contribution in [2.24, 2.45) is 0 Å². The van der Waals surface area contributed by atoms with Gasteiger partial charge in [0.2, 0.25) is 0 Å². The van der Waals surface area contributed by atoms with Gasteiger partial charge in [0.15, 0.2) is 5.78 Å². The lowest BCUT2D eigenvalue weighted by Crippen LogP contribution is -2.49. The fraction of sp³-hybridized carbons (Fsp3) is 0.583. The summed E-state index contributed by atoms with van der Waals surface area (Å²) in [6.45, 7) is 6.83. The molecule has 1 saturated heterocycles. The zero-order valence-corrected chi connectivity index (χ0v) is 11.6. The Hall–Kier alpha value is -0.420. The summed E-state index contributed by atoms with van der Waals surface area (Å²) in [5, 5.41) is 0. The Morgan fingerprint density at radius 2 is 2.35 bits per heavy atom. The van der Waals surface area contributed by atoms with Crippen LogP contribution in [0.4, 0.5) is 0 Å². The Kier molecular flexibility index (Phi) is 3.88. The number of hydrogen-bond acceptors (Lipinski definition) is 4. The number of halogens is 1. The molecule has 3 nitrogen and oxygen atoms in total. The largest absolute Gasteiger partial charge is 0.373 e. The molecule has 0 atom stereocenters. The lowest BCUT2D eigenvalue weighted by molar-refractivity contribution is -0.0832. The van der Waals surface area contributed by atoms with Gasteiger partial charge in [-0.1, -0.05) is 11.6 Å². The van der Waals surface area contributed by atoms with Crippen LogP contribution in [0.2, 0.25) is 4.34 Å². The molecule has 5 heteroatoms. The quantitative estimate of drug-likeness (QED) is 0.793. The van der Waals surface area contributed by atoms with Gasteiger partial charge in [0.25, 0.3) is 0 Å². The number of thiophene rings is 1. The molecule has 1 fully saturated rings. The van der Waals surface area contributed by atoms with Gasteiger partial charge in [0.1, 0.15) is 0 Å². The first-order chi connectivity index (χ1) is 7.96. The minimum Gasteiger partial charge on any atom is -0.373 e. The first kappa shape index (κ1) is 13.0. The Morgan fingerprint density at radius 3 is 2.94 bits per heavy atom. The average molecular weight is 274 g/mol. The fourth-order valence-electron chi connectivity index (χ4n) is 1.99. The molecule has 1 aliphatic rings. The molecule has 0 N–H and O–H groups in total. The summed E-state index contributed by atoms with van der Waals surface area (Å²) in [5.41, 5.74) is -0.161. The van der Waals surface area contributed by atoms with E-state index < -0.39 is 0 Å². The monoisotopic (exact) mass is 273 g/mol. The zero-order valence-electron chi connectivity index (χ0n) is 10.0. The molecule has 0 bridgehead atoms. The van der Waals surface area contributed by atoms with Crippen molar-refractivity contribution in [2.45, 2.75) is 19.4 Å². The van der Waals surface area contributed by atoms with E-state index in [2.05, 4.69) is 4.90 Å². The molecule has 0 aliphatic carbocycles. The smallest absolute Gasteiger partial charge is 0.186 e. The van der Waals surface area contributed by atoms with Crippen LogP contribution in [0.25, 0.3) is 0 Å². The normalized spacial score (nSPS) is 20.4. The molecular weight excluding hydrogens is 258 g/mol. The molecule has 0 radical (unpaired) electrons. The van der Waals surface area contributed by atoms with Crippen LogP contribution >= 0.6 is 22.9 Å². The zero-order chi connectivity index (χ0) is 12.5. The van der Waals surface area contributed by atoms with E-state index in [1.54, 1.807) is 12.1 Å². The van der Waals surface area contributed by atoms with Crippen LogP contribution in [0.3, 0.4) is 0 Å². The molecule has 17 heavy (non-hydrogen) atoms. The third-order valence-corrected chi connectivity index (χ3v) is 3.99. The van der Waals surface area contributed by atoms with Crippen molar-refractivity contribution < 1.29 is 9.53 Å². The van der Waals surface area contributed by atoms with E-state index in [9.17, 15) is 4.79 Å². The van der Waals surface area contributed by atoms with Crippen molar-refractivity contribution in [3.63, 3.8) is 0 Å². The highest BCUT2D eigenvalue weighted by atomic mass is 35.5. The van der Waals surface area contributed by atoms with Crippen molar-refractivity contribution in [1.29, 1.82) is 0 Å². The second-order valence-corrected chi connectivity index (χ2v) is 6.56. The van der Waals surface area contributed by atoms with E-state index in [0.717, 1.165) is 18.0 Å². The molecule has 94 valence electrons. The van der Waals surface area contributed by atoms with Crippen LogP contribution in [0.15, 0.2) is 12.1 Å². The molecule has 0 aromatic carbocycles. The van der Waals surface area contributed by atoms with Gasteiger partial charge in [-0.2, -0.15) is 0 Å². The van der Waals surface area contributed by atoms with Crippen LogP contribution in [-0.4, -0.2) is 42.5 Å². The van der Waals surface area contributed by atoms with Crippen molar-refractivity contribution in [3.05, 3.63) is 21.3 Å². The van der Waals surface area contributed by atoms with Gasteiger partial charge in [0, 0.05) is 13.1 Å². The molecule has 1 aromatic rings. The number of nitrogens with zero attached hydrogens (tertiary/aromatic N) is 1. The van der Waals surface area contributed by atoms with E-state index in [1.165, 1.54) is 11.3 Å². The van der Waals surface area contributed by atoms with Gasteiger partial charge < -0.3 is 4.74 Å². The molecule has 0 amide bonds. The highest BCUT2D eigenvalue weighted by Crippen LogP contribution is 2.23. The van der Waals surface area contributed by atoms with E-state index in [4.69, 9.17) is 16.3 Å². The maximum Gasteiger partial charge on any atom is 0.186 e. The molecule has 0 saturated carbocycles. The molecule has 0 unspecified atom stereocenters. The van der Waals surface area contributed by atoms with Crippen molar-refractivity contribution >= 4 is 28.7 Å². The van der Waals surface area contributed by atoms with Gasteiger partial charge in [-0.15, -0.1) is 11.3 Å². The van der Waals surface area contributed by atoms with Gasteiger partial charge in [-0.05, 0) is 26.0 Å². The molecule has 1 aliphatic heterocycles. The number of Topliss-reactive ketones (excluding diaryl/α,β-unsaturated/α-hetero) is 1. The second-order valence-electron chi connectivity index (χ2n) is 4.85. The van der Waals surface area contributed by atoms with Crippen molar-refractivity contribution in [2.75, 3.05) is 26.2 Å². The summed E-state index contributed by atoms with van der Waals surface area (Å²) in [6.07, 6.45) is 0. The van der Waals surface area contributed by atoms with Crippen LogP contribution in [-0.2, 0) is 4.74 Å². The number of morpholine rings is 1. The molecule has 1 aromatic heterocycles.